The van der Waals surface area contributed by atoms with Crippen LogP contribution in [0.5, 0.6) is 0 Å². The van der Waals surface area contributed by atoms with Gasteiger partial charge in [-0.1, -0.05) is 6.92 Å². The summed E-state index contributed by atoms with van der Waals surface area (Å²) in [7, 11) is 0. The molecule has 2 rings (SSSR count). The van der Waals surface area contributed by atoms with Gasteiger partial charge in [-0.15, -0.1) is 0 Å². The summed E-state index contributed by atoms with van der Waals surface area (Å²) in [5.41, 5.74) is 1.84. The van der Waals surface area contributed by atoms with E-state index < -0.39 is 0 Å². The lowest BCUT2D eigenvalue weighted by molar-refractivity contribution is 0.494. The summed E-state index contributed by atoms with van der Waals surface area (Å²) >= 11 is 0. The van der Waals surface area contributed by atoms with Gasteiger partial charge in [-0.3, -0.25) is 4.98 Å². The van der Waals surface area contributed by atoms with Crippen molar-refractivity contribution in [2.75, 3.05) is 6.54 Å². The van der Waals surface area contributed by atoms with Gasteiger partial charge in [0.2, 0.25) is 0 Å². The average Bonchev–Trinajstić information content (AvgIpc) is 2.65. The van der Waals surface area contributed by atoms with Crippen molar-refractivity contribution < 1.29 is 8.81 Å². The van der Waals surface area contributed by atoms with Crippen molar-refractivity contribution in [3.63, 3.8) is 0 Å². The second-order valence-corrected chi connectivity index (χ2v) is 4.30. The van der Waals surface area contributed by atoms with Crippen molar-refractivity contribution in [1.82, 2.24) is 10.3 Å². The second kappa shape index (κ2) is 5.31. The first-order chi connectivity index (χ1) is 8.61. The quantitative estimate of drug-likeness (QED) is 0.903. The number of hydrogen-bond acceptors (Lipinski definition) is 3. The molecule has 2 aromatic heterocycles. The molecule has 4 heteroatoms. The third-order valence-corrected chi connectivity index (χ3v) is 2.86. The zero-order chi connectivity index (χ0) is 13.1. The monoisotopic (exact) mass is 248 g/mol. The molecule has 0 spiro atoms. The Morgan fingerprint density at radius 3 is 2.67 bits per heavy atom. The highest BCUT2D eigenvalue weighted by molar-refractivity contribution is 5.33. The van der Waals surface area contributed by atoms with E-state index in [1.54, 1.807) is 6.20 Å². The Labute approximate surface area is 106 Å². The number of aryl methyl sites for hydroxylation is 2. The highest BCUT2D eigenvalue weighted by Crippen LogP contribution is 2.27. The molecule has 0 saturated carbocycles. The van der Waals surface area contributed by atoms with Crippen LogP contribution in [-0.2, 0) is 0 Å². The number of furan rings is 1. The summed E-state index contributed by atoms with van der Waals surface area (Å²) in [5.74, 6) is 1.38. The van der Waals surface area contributed by atoms with Crippen LogP contribution in [0.15, 0.2) is 28.9 Å². The van der Waals surface area contributed by atoms with Crippen molar-refractivity contribution in [1.29, 1.82) is 0 Å². The normalized spacial score (nSPS) is 12.7. The van der Waals surface area contributed by atoms with Crippen molar-refractivity contribution in [3.8, 4) is 0 Å². The van der Waals surface area contributed by atoms with Gasteiger partial charge in [-0.25, -0.2) is 4.39 Å². The first-order valence-electron chi connectivity index (χ1n) is 6.02. The predicted molar refractivity (Wildman–Crippen MR) is 67.9 cm³/mol. The Morgan fingerprint density at radius 2 is 2.11 bits per heavy atom. The number of hydrogen-bond donors (Lipinski definition) is 1. The molecule has 96 valence electrons. The highest BCUT2D eigenvalue weighted by Gasteiger charge is 2.19. The minimum Gasteiger partial charge on any atom is -0.466 e. The molecule has 0 amide bonds. The fraction of sp³-hybridized carbons (Fsp3) is 0.357. The van der Waals surface area contributed by atoms with Gasteiger partial charge in [0.1, 0.15) is 17.3 Å². The predicted octanol–water partition coefficient (Wildman–Crippen LogP) is 3.13. The molecule has 0 aromatic carbocycles. The van der Waals surface area contributed by atoms with Gasteiger partial charge in [-0.2, -0.15) is 0 Å². The molecule has 1 atom stereocenters. The summed E-state index contributed by atoms with van der Waals surface area (Å²) in [5, 5.41) is 3.33. The van der Waals surface area contributed by atoms with E-state index in [0.717, 1.165) is 29.2 Å². The molecule has 0 aliphatic rings. The molecule has 3 nitrogen and oxygen atoms in total. The minimum absolute atomic E-state index is 0.0874. The molecule has 2 heterocycles. The van der Waals surface area contributed by atoms with Crippen molar-refractivity contribution in [2.24, 2.45) is 0 Å². The molecule has 0 saturated heterocycles. The number of pyridine rings is 1. The van der Waals surface area contributed by atoms with Gasteiger partial charge < -0.3 is 9.73 Å². The van der Waals surface area contributed by atoms with Crippen LogP contribution in [0.1, 0.15) is 35.6 Å². The Morgan fingerprint density at radius 1 is 1.33 bits per heavy atom. The zero-order valence-corrected chi connectivity index (χ0v) is 10.8. The maximum atomic E-state index is 13.3. The summed E-state index contributed by atoms with van der Waals surface area (Å²) in [6.45, 7) is 6.62. The molecule has 0 aliphatic heterocycles. The SMILES string of the molecule is CCNC(c1cncc(F)c1)c1cc(C)oc1C. The Hall–Kier alpha value is -1.68. The first-order valence-corrected chi connectivity index (χ1v) is 6.02. The lowest BCUT2D eigenvalue weighted by Crippen LogP contribution is -2.22. The van der Waals surface area contributed by atoms with E-state index in [9.17, 15) is 4.39 Å². The van der Waals surface area contributed by atoms with Crippen LogP contribution in [0.2, 0.25) is 0 Å². The summed E-state index contributed by atoms with van der Waals surface area (Å²) in [6.07, 6.45) is 2.89. The van der Waals surface area contributed by atoms with Crippen molar-refractivity contribution >= 4 is 0 Å². The smallest absolute Gasteiger partial charge is 0.141 e. The van der Waals surface area contributed by atoms with Crippen LogP contribution in [0, 0.1) is 19.7 Å². The molecule has 2 aromatic rings. The number of aromatic nitrogens is 1. The van der Waals surface area contributed by atoms with Gasteiger partial charge in [0.05, 0.1) is 12.2 Å². The van der Waals surface area contributed by atoms with E-state index in [2.05, 4.69) is 10.3 Å². The topological polar surface area (TPSA) is 38.1 Å². The van der Waals surface area contributed by atoms with Crippen LogP contribution in [0.4, 0.5) is 4.39 Å². The van der Waals surface area contributed by atoms with Gasteiger partial charge in [0.25, 0.3) is 0 Å². The lowest BCUT2D eigenvalue weighted by Gasteiger charge is -2.17. The average molecular weight is 248 g/mol. The molecule has 0 bridgehead atoms. The molecule has 0 aliphatic carbocycles. The van der Waals surface area contributed by atoms with Crippen LogP contribution < -0.4 is 5.32 Å². The van der Waals surface area contributed by atoms with Crippen LogP contribution in [0.25, 0.3) is 0 Å². The molecular formula is C14H17FN2O. The van der Waals surface area contributed by atoms with Crippen LogP contribution in [-0.4, -0.2) is 11.5 Å². The van der Waals surface area contributed by atoms with Gasteiger partial charge >= 0.3 is 0 Å². The third kappa shape index (κ3) is 2.59. The third-order valence-electron chi connectivity index (χ3n) is 2.86. The van der Waals surface area contributed by atoms with Crippen LogP contribution >= 0.6 is 0 Å². The van der Waals surface area contributed by atoms with E-state index in [-0.39, 0.29) is 11.9 Å². The molecule has 0 fully saturated rings. The maximum Gasteiger partial charge on any atom is 0.141 e. The molecular weight excluding hydrogens is 231 g/mol. The lowest BCUT2D eigenvalue weighted by atomic mass is 10.0. The summed E-state index contributed by atoms with van der Waals surface area (Å²) in [6, 6.07) is 3.39. The number of halogens is 1. The van der Waals surface area contributed by atoms with Gasteiger partial charge in [-0.05, 0) is 38.1 Å². The Kier molecular flexibility index (Phi) is 3.77. The van der Waals surface area contributed by atoms with E-state index in [4.69, 9.17) is 4.42 Å². The van der Waals surface area contributed by atoms with Gasteiger partial charge in [0, 0.05) is 11.8 Å². The highest BCUT2D eigenvalue weighted by atomic mass is 19.1. The Balaban J connectivity index is 2.42. The molecule has 1 unspecified atom stereocenters. The maximum absolute atomic E-state index is 13.3. The van der Waals surface area contributed by atoms with Crippen molar-refractivity contribution in [2.45, 2.75) is 26.8 Å². The van der Waals surface area contributed by atoms with Crippen LogP contribution in [0.3, 0.4) is 0 Å². The van der Waals surface area contributed by atoms with E-state index in [1.807, 2.05) is 26.8 Å². The minimum atomic E-state index is -0.326. The van der Waals surface area contributed by atoms with Crippen molar-refractivity contribution in [3.05, 3.63) is 53.0 Å². The number of nitrogens with one attached hydrogen (secondary N) is 1. The first kappa shape index (κ1) is 12.8. The van der Waals surface area contributed by atoms with E-state index >= 15 is 0 Å². The number of nitrogens with zero attached hydrogens (tertiary/aromatic N) is 1. The van der Waals surface area contributed by atoms with E-state index in [1.165, 1.54) is 12.3 Å². The van der Waals surface area contributed by atoms with Gasteiger partial charge in [0.15, 0.2) is 0 Å². The Bertz CT molecular complexity index is 536. The molecule has 1 N–H and O–H groups in total. The standard InChI is InChI=1S/C14H17FN2O/c1-4-17-14(11-6-12(15)8-16-7-11)13-5-9(2)18-10(13)3/h5-8,14,17H,4H2,1-3H3. The fourth-order valence-electron chi connectivity index (χ4n) is 2.13. The van der Waals surface area contributed by atoms with E-state index in [0.29, 0.717) is 0 Å². The summed E-state index contributed by atoms with van der Waals surface area (Å²) in [4.78, 5) is 3.90. The zero-order valence-electron chi connectivity index (χ0n) is 10.8. The largest absolute Gasteiger partial charge is 0.466 e. The molecule has 18 heavy (non-hydrogen) atoms. The summed E-state index contributed by atoms with van der Waals surface area (Å²) < 4.78 is 18.8. The molecule has 0 radical (unpaired) electrons. The second-order valence-electron chi connectivity index (χ2n) is 4.30. The number of rotatable bonds is 4. The fourth-order valence-corrected chi connectivity index (χ4v) is 2.13.